The van der Waals surface area contributed by atoms with Gasteiger partial charge in [-0.1, -0.05) is 26.2 Å². The molecule has 0 bridgehead atoms. The monoisotopic (exact) mass is 240 g/mol. The van der Waals surface area contributed by atoms with Crippen LogP contribution in [0.5, 0.6) is 0 Å². The van der Waals surface area contributed by atoms with Crippen molar-refractivity contribution >= 4 is 0 Å². The molecule has 0 heterocycles. The summed E-state index contributed by atoms with van der Waals surface area (Å²) in [7, 11) is 2.29. The first-order valence-electron chi connectivity index (χ1n) is 7.64. The molecule has 0 radical (unpaired) electrons. The third-order valence-corrected chi connectivity index (χ3v) is 4.35. The quantitative estimate of drug-likeness (QED) is 0.670. The van der Waals surface area contributed by atoms with Gasteiger partial charge in [-0.05, 0) is 64.1 Å². The predicted molar refractivity (Wildman–Crippen MR) is 76.1 cm³/mol. The van der Waals surface area contributed by atoms with Crippen LogP contribution in [0.4, 0.5) is 0 Å². The van der Waals surface area contributed by atoms with Crippen molar-refractivity contribution in [2.24, 2.45) is 17.6 Å². The fraction of sp³-hybridized carbons (Fsp3) is 1.00. The Balaban J connectivity index is 2.03. The van der Waals surface area contributed by atoms with Gasteiger partial charge in [-0.2, -0.15) is 0 Å². The number of nitrogens with two attached hydrogens (primary N) is 1. The van der Waals surface area contributed by atoms with Crippen LogP contribution in [0.25, 0.3) is 0 Å². The molecule has 2 N–H and O–H groups in total. The lowest BCUT2D eigenvalue weighted by molar-refractivity contribution is 0.263. The van der Waals surface area contributed by atoms with E-state index in [9.17, 15) is 0 Å². The highest BCUT2D eigenvalue weighted by Gasteiger charge is 2.16. The first kappa shape index (κ1) is 15.0. The summed E-state index contributed by atoms with van der Waals surface area (Å²) in [6, 6.07) is 0. The molecule has 2 heteroatoms. The maximum atomic E-state index is 5.63. The fourth-order valence-electron chi connectivity index (χ4n) is 3.16. The van der Waals surface area contributed by atoms with Gasteiger partial charge in [-0.3, -0.25) is 0 Å². The van der Waals surface area contributed by atoms with Crippen molar-refractivity contribution in [3.05, 3.63) is 0 Å². The van der Waals surface area contributed by atoms with Crippen molar-refractivity contribution in [2.45, 2.75) is 58.3 Å². The van der Waals surface area contributed by atoms with Gasteiger partial charge < -0.3 is 10.6 Å². The van der Waals surface area contributed by atoms with E-state index in [2.05, 4.69) is 18.9 Å². The zero-order valence-corrected chi connectivity index (χ0v) is 12.0. The lowest BCUT2D eigenvalue weighted by atomic mass is 9.96. The molecule has 0 aliphatic heterocycles. The van der Waals surface area contributed by atoms with Gasteiger partial charge in [0.15, 0.2) is 0 Å². The molecule has 102 valence electrons. The Labute approximate surface area is 108 Å². The van der Waals surface area contributed by atoms with Crippen molar-refractivity contribution in [1.82, 2.24) is 4.90 Å². The number of rotatable bonds is 9. The van der Waals surface area contributed by atoms with Gasteiger partial charge in [-0.15, -0.1) is 0 Å². The Kier molecular flexibility index (Phi) is 7.87. The van der Waals surface area contributed by atoms with E-state index in [0.29, 0.717) is 0 Å². The molecular formula is C15H32N2. The molecule has 1 saturated carbocycles. The molecule has 0 aromatic heterocycles. The van der Waals surface area contributed by atoms with Crippen LogP contribution in [0.1, 0.15) is 58.3 Å². The van der Waals surface area contributed by atoms with E-state index in [0.717, 1.165) is 18.4 Å². The summed E-state index contributed by atoms with van der Waals surface area (Å²) in [5.41, 5.74) is 5.63. The van der Waals surface area contributed by atoms with Crippen molar-refractivity contribution in [1.29, 1.82) is 0 Å². The number of nitrogens with zero attached hydrogens (tertiary/aromatic N) is 1. The van der Waals surface area contributed by atoms with Crippen LogP contribution in [-0.2, 0) is 0 Å². The lowest BCUT2D eigenvalue weighted by Crippen LogP contribution is -2.26. The SMILES string of the molecule is CCC(CCN)CCCN(C)CC1CCCC1. The Morgan fingerprint density at radius 3 is 2.53 bits per heavy atom. The second-order valence-corrected chi connectivity index (χ2v) is 5.91. The minimum atomic E-state index is 0.858. The second-order valence-electron chi connectivity index (χ2n) is 5.91. The molecule has 1 aliphatic rings. The molecule has 1 rings (SSSR count). The molecule has 1 fully saturated rings. The molecule has 1 aliphatic carbocycles. The molecule has 0 aromatic rings. The van der Waals surface area contributed by atoms with E-state index in [1.54, 1.807) is 0 Å². The first-order valence-corrected chi connectivity index (χ1v) is 7.64. The third-order valence-electron chi connectivity index (χ3n) is 4.35. The van der Waals surface area contributed by atoms with Crippen LogP contribution in [0, 0.1) is 11.8 Å². The van der Waals surface area contributed by atoms with Crippen LogP contribution >= 0.6 is 0 Å². The highest BCUT2D eigenvalue weighted by atomic mass is 15.1. The summed E-state index contributed by atoms with van der Waals surface area (Å²) in [6.45, 7) is 5.75. The largest absolute Gasteiger partial charge is 0.330 e. The lowest BCUT2D eigenvalue weighted by Gasteiger charge is -2.22. The van der Waals surface area contributed by atoms with Gasteiger partial charge in [0, 0.05) is 6.54 Å². The van der Waals surface area contributed by atoms with Crippen molar-refractivity contribution in [3.63, 3.8) is 0 Å². The Morgan fingerprint density at radius 1 is 1.24 bits per heavy atom. The van der Waals surface area contributed by atoms with Gasteiger partial charge in [0.05, 0.1) is 0 Å². The maximum Gasteiger partial charge on any atom is 0.000661 e. The van der Waals surface area contributed by atoms with E-state index < -0.39 is 0 Å². The Bertz CT molecular complexity index is 176. The maximum absolute atomic E-state index is 5.63. The molecule has 0 aromatic carbocycles. The smallest absolute Gasteiger partial charge is 0.000661 e. The summed E-state index contributed by atoms with van der Waals surface area (Å²) in [5, 5.41) is 0. The fourth-order valence-corrected chi connectivity index (χ4v) is 3.16. The molecule has 1 unspecified atom stereocenters. The van der Waals surface area contributed by atoms with E-state index in [-0.39, 0.29) is 0 Å². The topological polar surface area (TPSA) is 29.3 Å². The van der Waals surface area contributed by atoms with Gasteiger partial charge in [0.25, 0.3) is 0 Å². The molecule has 0 amide bonds. The summed E-state index contributed by atoms with van der Waals surface area (Å²) in [6.07, 6.45) is 11.1. The minimum absolute atomic E-state index is 0.858. The van der Waals surface area contributed by atoms with Crippen LogP contribution in [0.15, 0.2) is 0 Å². The van der Waals surface area contributed by atoms with Gasteiger partial charge in [-0.25, -0.2) is 0 Å². The summed E-state index contributed by atoms with van der Waals surface area (Å²) in [5.74, 6) is 1.85. The molecule has 1 atom stereocenters. The highest BCUT2D eigenvalue weighted by Crippen LogP contribution is 2.25. The molecular weight excluding hydrogens is 208 g/mol. The average Bonchev–Trinajstić information content (AvgIpc) is 2.80. The van der Waals surface area contributed by atoms with Crippen LogP contribution in [-0.4, -0.2) is 31.6 Å². The average molecular weight is 240 g/mol. The van der Waals surface area contributed by atoms with E-state index in [1.165, 1.54) is 64.5 Å². The van der Waals surface area contributed by atoms with Crippen LogP contribution in [0.2, 0.25) is 0 Å². The van der Waals surface area contributed by atoms with Crippen molar-refractivity contribution in [3.8, 4) is 0 Å². The van der Waals surface area contributed by atoms with Crippen LogP contribution in [0.3, 0.4) is 0 Å². The van der Waals surface area contributed by atoms with Crippen LogP contribution < -0.4 is 5.73 Å². The highest BCUT2D eigenvalue weighted by molar-refractivity contribution is 4.70. The predicted octanol–water partition coefficient (Wildman–Crippen LogP) is 3.26. The number of hydrogen-bond acceptors (Lipinski definition) is 2. The molecule has 17 heavy (non-hydrogen) atoms. The van der Waals surface area contributed by atoms with Gasteiger partial charge >= 0.3 is 0 Å². The van der Waals surface area contributed by atoms with E-state index in [4.69, 9.17) is 5.73 Å². The van der Waals surface area contributed by atoms with Crippen molar-refractivity contribution in [2.75, 3.05) is 26.7 Å². The van der Waals surface area contributed by atoms with E-state index in [1.807, 2.05) is 0 Å². The summed E-state index contributed by atoms with van der Waals surface area (Å²) >= 11 is 0. The number of hydrogen-bond donors (Lipinski definition) is 1. The minimum Gasteiger partial charge on any atom is -0.330 e. The standard InChI is InChI=1S/C15H32N2/c1-3-14(10-11-16)9-6-12-17(2)13-15-7-4-5-8-15/h14-15H,3-13,16H2,1-2H3. The third kappa shape index (κ3) is 6.42. The zero-order valence-electron chi connectivity index (χ0n) is 12.0. The molecule has 0 saturated heterocycles. The van der Waals surface area contributed by atoms with Gasteiger partial charge in [0.2, 0.25) is 0 Å². The Hall–Kier alpha value is -0.0800. The first-order chi connectivity index (χ1) is 8.26. The van der Waals surface area contributed by atoms with E-state index >= 15 is 0 Å². The van der Waals surface area contributed by atoms with Crippen molar-refractivity contribution < 1.29 is 0 Å². The normalized spacial score (nSPS) is 19.1. The zero-order chi connectivity index (χ0) is 12.5. The summed E-state index contributed by atoms with van der Waals surface area (Å²) < 4.78 is 0. The van der Waals surface area contributed by atoms with Gasteiger partial charge in [0.1, 0.15) is 0 Å². The molecule has 2 nitrogen and oxygen atoms in total. The summed E-state index contributed by atoms with van der Waals surface area (Å²) in [4.78, 5) is 2.55. The Morgan fingerprint density at radius 2 is 1.94 bits per heavy atom. The second kappa shape index (κ2) is 8.93. The molecule has 0 spiro atoms.